The van der Waals surface area contributed by atoms with Crippen LogP contribution in [0.4, 0.5) is 10.2 Å². The summed E-state index contributed by atoms with van der Waals surface area (Å²) in [5.41, 5.74) is 2.84. The molecule has 0 radical (unpaired) electrons. The lowest BCUT2D eigenvalue weighted by Gasteiger charge is -2.44. The molecule has 4 aromatic rings. The number of amides is 1. The predicted molar refractivity (Wildman–Crippen MR) is 157 cm³/mol. The SMILES string of the molecule is C=CC(=O)N1C[C@H](C)N(c2nc(=O)n3c4nc(c(F)cc24)-n2nncc2CCCCc2ccnc(C(C)C)c2-3)C[C@H]1C. The maximum Gasteiger partial charge on any atom is 0.355 e. The number of rotatable bonds is 3. The first-order valence-electron chi connectivity index (χ1n) is 14.4. The van der Waals surface area contributed by atoms with E-state index in [-0.39, 0.29) is 35.4 Å². The van der Waals surface area contributed by atoms with Gasteiger partial charge in [-0.25, -0.2) is 18.7 Å². The molecule has 4 aromatic heterocycles. The molecule has 1 saturated heterocycles. The van der Waals surface area contributed by atoms with Crippen LogP contribution in [0, 0.1) is 5.82 Å². The Bertz CT molecular complexity index is 1760. The zero-order valence-electron chi connectivity index (χ0n) is 24.3. The third-order valence-electron chi connectivity index (χ3n) is 8.25. The van der Waals surface area contributed by atoms with Crippen molar-refractivity contribution in [2.75, 3.05) is 18.0 Å². The summed E-state index contributed by atoms with van der Waals surface area (Å²) in [5.74, 6) is -0.448. The van der Waals surface area contributed by atoms with Crippen molar-refractivity contribution < 1.29 is 9.18 Å². The Morgan fingerprint density at radius 3 is 2.67 bits per heavy atom. The van der Waals surface area contributed by atoms with Crippen LogP contribution >= 0.6 is 0 Å². The van der Waals surface area contributed by atoms with Crippen molar-refractivity contribution in [3.8, 4) is 11.5 Å². The van der Waals surface area contributed by atoms with Crippen LogP contribution in [0.5, 0.6) is 0 Å². The highest BCUT2D eigenvalue weighted by Crippen LogP contribution is 2.33. The molecule has 1 amide bonds. The maximum atomic E-state index is 16.0. The lowest BCUT2D eigenvalue weighted by molar-refractivity contribution is -0.128. The van der Waals surface area contributed by atoms with E-state index in [0.29, 0.717) is 36.4 Å². The van der Waals surface area contributed by atoms with E-state index >= 15 is 4.39 Å². The second-order valence-corrected chi connectivity index (χ2v) is 11.5. The molecule has 2 aliphatic rings. The number of nitrogens with zero attached hydrogens (tertiary/aromatic N) is 9. The van der Waals surface area contributed by atoms with Crippen molar-refractivity contribution in [1.82, 2.24) is 39.4 Å². The number of piperazine rings is 1. The summed E-state index contributed by atoms with van der Waals surface area (Å²) >= 11 is 0. The van der Waals surface area contributed by atoms with Crippen molar-refractivity contribution in [3.05, 3.63) is 70.4 Å². The first kappa shape index (κ1) is 27.7. The Labute approximate surface area is 242 Å². The van der Waals surface area contributed by atoms with Crippen molar-refractivity contribution in [2.45, 2.75) is 71.4 Å². The normalized spacial score (nSPS) is 18.9. The first-order valence-corrected chi connectivity index (χ1v) is 14.4. The van der Waals surface area contributed by atoms with Crippen molar-refractivity contribution in [1.29, 1.82) is 0 Å². The molecule has 0 aliphatic carbocycles. The lowest BCUT2D eigenvalue weighted by atomic mass is 9.99. The fraction of sp³-hybridized carbons (Fsp3) is 0.433. The first-order chi connectivity index (χ1) is 20.2. The minimum Gasteiger partial charge on any atom is -0.349 e. The fourth-order valence-electron chi connectivity index (χ4n) is 6.13. The lowest BCUT2D eigenvalue weighted by Crippen LogP contribution is -2.58. The summed E-state index contributed by atoms with van der Waals surface area (Å²) < 4.78 is 18.9. The molecule has 0 aromatic carbocycles. The van der Waals surface area contributed by atoms with Gasteiger partial charge in [0.15, 0.2) is 17.3 Å². The molecule has 1 fully saturated rings. The summed E-state index contributed by atoms with van der Waals surface area (Å²) in [6, 6.07) is 2.94. The Kier molecular flexibility index (Phi) is 7.07. The molecule has 0 N–H and O–H groups in total. The minimum absolute atomic E-state index is 0.00710. The summed E-state index contributed by atoms with van der Waals surface area (Å²) in [6.07, 6.45) is 7.75. The molecule has 0 spiro atoms. The molecule has 2 bridgehead atoms. The third-order valence-corrected chi connectivity index (χ3v) is 8.25. The molecule has 6 rings (SSSR count). The average molecular weight is 572 g/mol. The topological polar surface area (TPSA) is 115 Å². The molecule has 11 nitrogen and oxygen atoms in total. The van der Waals surface area contributed by atoms with Gasteiger partial charge in [0.1, 0.15) is 5.82 Å². The summed E-state index contributed by atoms with van der Waals surface area (Å²) in [6.45, 7) is 12.4. The fourth-order valence-corrected chi connectivity index (χ4v) is 6.13. The number of fused-ring (bicyclic) bond motifs is 5. The standard InChI is InChI=1S/C30H34FN9O2/c1-6-24(41)37-15-19(5)38(16-18(37)4)27-22-13-23(31)29-34-28(22)39(30(42)35-27)26-20(11-12-32-25(26)17(2)3)9-7-8-10-21-14-33-36-40(21)29/h6,11-14,17-19H,1,7-10,15-16H2,2-5H3/t18-,19+/m1/s1. The van der Waals surface area contributed by atoms with Gasteiger partial charge in [-0.1, -0.05) is 25.6 Å². The molecule has 6 heterocycles. The number of hydrogen-bond acceptors (Lipinski definition) is 8. The van der Waals surface area contributed by atoms with Gasteiger partial charge in [-0.15, -0.1) is 5.10 Å². The van der Waals surface area contributed by atoms with E-state index in [4.69, 9.17) is 4.98 Å². The average Bonchev–Trinajstić information content (AvgIpc) is 3.43. The van der Waals surface area contributed by atoms with Crippen LogP contribution in [0.2, 0.25) is 0 Å². The summed E-state index contributed by atoms with van der Waals surface area (Å²) in [7, 11) is 0. The van der Waals surface area contributed by atoms with Crippen LogP contribution in [0.3, 0.4) is 0 Å². The highest BCUT2D eigenvalue weighted by molar-refractivity contribution is 5.90. The number of carbonyl (C=O) groups excluding carboxylic acids is 1. The van der Waals surface area contributed by atoms with Crippen LogP contribution in [0.15, 0.2) is 42.0 Å². The van der Waals surface area contributed by atoms with Gasteiger partial charge in [0.25, 0.3) is 0 Å². The number of halogens is 1. The zero-order chi connectivity index (χ0) is 29.7. The van der Waals surface area contributed by atoms with Crippen LogP contribution < -0.4 is 10.6 Å². The summed E-state index contributed by atoms with van der Waals surface area (Å²) in [5, 5.41) is 8.58. The Morgan fingerprint density at radius 2 is 1.90 bits per heavy atom. The van der Waals surface area contributed by atoms with E-state index in [1.165, 1.54) is 21.4 Å². The van der Waals surface area contributed by atoms with E-state index in [2.05, 4.69) is 26.9 Å². The van der Waals surface area contributed by atoms with E-state index in [1.807, 2.05) is 38.7 Å². The number of aromatic nitrogens is 7. The Morgan fingerprint density at radius 1 is 1.12 bits per heavy atom. The van der Waals surface area contributed by atoms with Crippen molar-refractivity contribution in [2.24, 2.45) is 0 Å². The Hall–Kier alpha value is -4.48. The van der Waals surface area contributed by atoms with Crippen molar-refractivity contribution in [3.63, 3.8) is 0 Å². The molecule has 2 atom stereocenters. The molecule has 12 heteroatoms. The van der Waals surface area contributed by atoms with Gasteiger partial charge in [0.05, 0.1) is 28.7 Å². The number of carbonyl (C=O) groups is 1. The minimum atomic E-state index is -0.601. The van der Waals surface area contributed by atoms with E-state index in [0.717, 1.165) is 36.2 Å². The van der Waals surface area contributed by atoms with Gasteiger partial charge < -0.3 is 9.80 Å². The van der Waals surface area contributed by atoms with Gasteiger partial charge in [-0.05, 0) is 69.2 Å². The highest BCUT2D eigenvalue weighted by atomic mass is 19.1. The molecule has 0 unspecified atom stereocenters. The molecule has 42 heavy (non-hydrogen) atoms. The van der Waals surface area contributed by atoms with Crippen LogP contribution in [-0.2, 0) is 17.6 Å². The van der Waals surface area contributed by atoms with E-state index < -0.39 is 11.5 Å². The van der Waals surface area contributed by atoms with Crippen molar-refractivity contribution >= 4 is 22.8 Å². The van der Waals surface area contributed by atoms with E-state index in [1.54, 1.807) is 17.3 Å². The van der Waals surface area contributed by atoms with Crippen LogP contribution in [-0.4, -0.2) is 70.5 Å². The third kappa shape index (κ3) is 4.54. The summed E-state index contributed by atoms with van der Waals surface area (Å²) in [4.78, 5) is 44.4. The number of pyridine rings is 2. The monoisotopic (exact) mass is 571 g/mol. The Balaban J connectivity index is 1.66. The quantitative estimate of drug-likeness (QED) is 0.343. The number of aryl methyl sites for hydroxylation is 2. The van der Waals surface area contributed by atoms with Gasteiger partial charge in [-0.2, -0.15) is 9.67 Å². The second kappa shape index (κ2) is 10.7. The smallest absolute Gasteiger partial charge is 0.349 e. The largest absolute Gasteiger partial charge is 0.355 e. The maximum absolute atomic E-state index is 16.0. The van der Waals surface area contributed by atoms with Gasteiger partial charge in [-0.3, -0.25) is 9.78 Å². The van der Waals surface area contributed by atoms with Gasteiger partial charge in [0.2, 0.25) is 5.91 Å². The molecular weight excluding hydrogens is 537 g/mol. The van der Waals surface area contributed by atoms with Crippen LogP contribution in [0.1, 0.15) is 63.4 Å². The van der Waals surface area contributed by atoms with Crippen LogP contribution in [0.25, 0.3) is 22.5 Å². The highest BCUT2D eigenvalue weighted by Gasteiger charge is 2.34. The molecule has 2 aliphatic heterocycles. The van der Waals surface area contributed by atoms with Gasteiger partial charge in [0, 0.05) is 31.4 Å². The number of anilines is 1. The second-order valence-electron chi connectivity index (χ2n) is 11.5. The zero-order valence-corrected chi connectivity index (χ0v) is 24.3. The predicted octanol–water partition coefficient (Wildman–Crippen LogP) is 3.51. The molecular formula is C30H34FN9O2. The number of hydrogen-bond donors (Lipinski definition) is 0. The van der Waals surface area contributed by atoms with E-state index in [9.17, 15) is 9.59 Å². The molecule has 0 saturated carbocycles. The van der Waals surface area contributed by atoms with Gasteiger partial charge >= 0.3 is 5.69 Å². The molecule has 218 valence electrons.